The van der Waals surface area contributed by atoms with Crippen molar-refractivity contribution >= 4 is 5.65 Å². The Kier molecular flexibility index (Phi) is 5.10. The van der Waals surface area contributed by atoms with Crippen LogP contribution >= 0.6 is 0 Å². The largest absolute Gasteiger partial charge is 0.435 e. The lowest BCUT2D eigenvalue weighted by atomic mass is 9.95. The molecule has 2 atom stereocenters. The van der Waals surface area contributed by atoms with E-state index in [1.54, 1.807) is 44.4 Å². The summed E-state index contributed by atoms with van der Waals surface area (Å²) in [6, 6.07) is 10.3. The molecule has 4 aromatic rings. The van der Waals surface area contributed by atoms with Gasteiger partial charge in [-0.25, -0.2) is 15.0 Å². The summed E-state index contributed by atoms with van der Waals surface area (Å²) in [5, 5.41) is 20.8. The molecule has 0 bridgehead atoms. The molecule has 3 heterocycles. The Balaban J connectivity index is 1.60. The van der Waals surface area contributed by atoms with Crippen LogP contribution in [-0.4, -0.2) is 36.2 Å². The highest BCUT2D eigenvalue weighted by molar-refractivity contribution is 5.64. The lowest BCUT2D eigenvalue weighted by Crippen LogP contribution is -2.19. The number of imidazole rings is 1. The van der Waals surface area contributed by atoms with Crippen LogP contribution in [0.4, 0.5) is 8.78 Å². The van der Waals surface area contributed by atoms with Crippen LogP contribution in [0.25, 0.3) is 16.8 Å². The molecular formula is C24H22F2N4O3. The predicted octanol–water partition coefficient (Wildman–Crippen LogP) is 4.19. The van der Waals surface area contributed by atoms with Gasteiger partial charge in [0, 0.05) is 41.2 Å². The molecule has 0 fully saturated rings. The first-order valence-electron chi connectivity index (χ1n) is 10.5. The molecule has 2 N–H and O–H groups in total. The fourth-order valence-electron chi connectivity index (χ4n) is 4.33. The fourth-order valence-corrected chi connectivity index (χ4v) is 4.33. The number of aromatic nitrogens is 4. The maximum absolute atomic E-state index is 13.0. The number of hydrogen-bond acceptors (Lipinski definition) is 6. The van der Waals surface area contributed by atoms with Gasteiger partial charge in [-0.15, -0.1) is 0 Å². The zero-order chi connectivity index (χ0) is 23.3. The number of halogens is 2. The van der Waals surface area contributed by atoms with Gasteiger partial charge in [-0.05, 0) is 38.5 Å². The third-order valence-electron chi connectivity index (χ3n) is 5.83. The average Bonchev–Trinajstić information content (AvgIpc) is 3.30. The van der Waals surface area contributed by atoms with Crippen LogP contribution in [0.3, 0.4) is 0 Å². The molecule has 0 saturated carbocycles. The van der Waals surface area contributed by atoms with Gasteiger partial charge in [0.2, 0.25) is 0 Å². The summed E-state index contributed by atoms with van der Waals surface area (Å²) in [6.45, 7) is 0.283. The molecule has 0 spiro atoms. The number of pyridine rings is 1. The molecule has 1 aromatic carbocycles. The van der Waals surface area contributed by atoms with Gasteiger partial charge in [0.15, 0.2) is 5.82 Å². The smallest absolute Gasteiger partial charge is 0.387 e. The van der Waals surface area contributed by atoms with Crippen LogP contribution in [0.15, 0.2) is 55.0 Å². The van der Waals surface area contributed by atoms with Crippen molar-refractivity contribution in [3.8, 4) is 16.9 Å². The van der Waals surface area contributed by atoms with Crippen LogP contribution in [0, 0.1) is 0 Å². The SMILES string of the molecule is CC(C)(O)c1ncc(-c2ccc3nc4c(n3c2)[C@@H](c2ccccc2OC(F)F)C[C@H]4O)cn1. The summed E-state index contributed by atoms with van der Waals surface area (Å²) < 4.78 is 32.6. The van der Waals surface area contributed by atoms with Crippen molar-refractivity contribution in [2.24, 2.45) is 0 Å². The van der Waals surface area contributed by atoms with E-state index < -0.39 is 18.3 Å². The highest BCUT2D eigenvalue weighted by Gasteiger charge is 2.37. The molecule has 3 aromatic heterocycles. The van der Waals surface area contributed by atoms with Gasteiger partial charge in [-0.3, -0.25) is 0 Å². The Hall–Kier alpha value is -3.43. The number of aliphatic hydroxyl groups excluding tert-OH is 1. The van der Waals surface area contributed by atoms with Gasteiger partial charge in [-0.1, -0.05) is 18.2 Å². The molecule has 0 radical (unpaired) electrons. The van der Waals surface area contributed by atoms with E-state index in [4.69, 9.17) is 4.74 Å². The molecule has 170 valence electrons. The summed E-state index contributed by atoms with van der Waals surface area (Å²) in [7, 11) is 0. The molecular weight excluding hydrogens is 430 g/mol. The number of fused-ring (bicyclic) bond motifs is 3. The summed E-state index contributed by atoms with van der Waals surface area (Å²) in [5.41, 5.74) is 2.86. The minimum Gasteiger partial charge on any atom is -0.435 e. The fraction of sp³-hybridized carbons (Fsp3) is 0.292. The van der Waals surface area contributed by atoms with Crippen LogP contribution in [0.5, 0.6) is 5.75 Å². The molecule has 0 saturated heterocycles. The average molecular weight is 452 g/mol. The third-order valence-corrected chi connectivity index (χ3v) is 5.83. The Labute approximate surface area is 188 Å². The van der Waals surface area contributed by atoms with Gasteiger partial charge < -0.3 is 19.4 Å². The van der Waals surface area contributed by atoms with E-state index in [0.29, 0.717) is 29.1 Å². The van der Waals surface area contributed by atoms with E-state index in [2.05, 4.69) is 15.0 Å². The standard InChI is InChI=1S/C24H22F2N4O3/c1-24(2,32)22-27-10-14(11-28-22)13-7-8-19-29-20-17(31)9-16(21(20)30(19)12-13)15-5-3-4-6-18(15)33-23(25)26/h3-8,10-12,16-17,23,31-32H,9H2,1-2H3/t16-,17-/m1/s1. The van der Waals surface area contributed by atoms with E-state index in [1.807, 2.05) is 22.7 Å². The van der Waals surface area contributed by atoms with Crippen LogP contribution < -0.4 is 4.74 Å². The van der Waals surface area contributed by atoms with Gasteiger partial charge >= 0.3 is 6.61 Å². The maximum atomic E-state index is 13.0. The number of nitrogens with zero attached hydrogens (tertiary/aromatic N) is 4. The van der Waals surface area contributed by atoms with E-state index in [1.165, 1.54) is 6.07 Å². The minimum atomic E-state index is -2.95. The van der Waals surface area contributed by atoms with Gasteiger partial charge in [0.05, 0.1) is 17.5 Å². The highest BCUT2D eigenvalue weighted by atomic mass is 19.3. The van der Waals surface area contributed by atoms with Crippen LogP contribution in [0.1, 0.15) is 55.1 Å². The van der Waals surface area contributed by atoms with Crippen LogP contribution in [-0.2, 0) is 5.60 Å². The zero-order valence-corrected chi connectivity index (χ0v) is 18.0. The minimum absolute atomic E-state index is 0.0826. The second kappa shape index (κ2) is 7.86. The first-order chi connectivity index (χ1) is 15.7. The van der Waals surface area contributed by atoms with Crippen molar-refractivity contribution < 1.29 is 23.7 Å². The molecule has 5 rings (SSSR count). The van der Waals surface area contributed by atoms with E-state index in [-0.39, 0.29) is 11.7 Å². The molecule has 0 amide bonds. The van der Waals surface area contributed by atoms with Gasteiger partial charge in [-0.2, -0.15) is 8.78 Å². The summed E-state index contributed by atoms with van der Waals surface area (Å²) >= 11 is 0. The lowest BCUT2D eigenvalue weighted by Gasteiger charge is -2.17. The second-order valence-electron chi connectivity index (χ2n) is 8.60. The van der Waals surface area contributed by atoms with E-state index in [9.17, 15) is 19.0 Å². The molecule has 1 aliphatic carbocycles. The Morgan fingerprint density at radius 1 is 1.09 bits per heavy atom. The van der Waals surface area contributed by atoms with Crippen molar-refractivity contribution in [3.63, 3.8) is 0 Å². The number of rotatable bonds is 5. The first kappa shape index (κ1) is 21.4. The van der Waals surface area contributed by atoms with Crippen molar-refractivity contribution in [2.75, 3.05) is 0 Å². The molecule has 33 heavy (non-hydrogen) atoms. The summed E-state index contributed by atoms with van der Waals surface area (Å²) in [4.78, 5) is 13.1. The normalized spacial score (nSPS) is 18.2. The molecule has 1 aliphatic rings. The second-order valence-corrected chi connectivity index (χ2v) is 8.60. The number of ether oxygens (including phenoxy) is 1. The molecule has 9 heteroatoms. The molecule has 0 unspecified atom stereocenters. The topological polar surface area (TPSA) is 92.8 Å². The maximum Gasteiger partial charge on any atom is 0.387 e. The van der Waals surface area contributed by atoms with Crippen LogP contribution in [0.2, 0.25) is 0 Å². The number of para-hydroxylation sites is 1. The monoisotopic (exact) mass is 452 g/mol. The Morgan fingerprint density at radius 2 is 1.82 bits per heavy atom. The van der Waals surface area contributed by atoms with Crippen molar-refractivity contribution in [2.45, 2.75) is 44.5 Å². The molecule has 7 nitrogen and oxygen atoms in total. The Morgan fingerprint density at radius 3 is 2.52 bits per heavy atom. The molecule has 0 aliphatic heterocycles. The predicted molar refractivity (Wildman–Crippen MR) is 116 cm³/mol. The quantitative estimate of drug-likeness (QED) is 0.472. The first-order valence-corrected chi connectivity index (χ1v) is 10.5. The highest BCUT2D eigenvalue weighted by Crippen LogP contribution is 2.47. The van der Waals surface area contributed by atoms with Crippen molar-refractivity contribution in [1.82, 2.24) is 19.4 Å². The number of hydrogen-bond donors (Lipinski definition) is 2. The lowest BCUT2D eigenvalue weighted by molar-refractivity contribution is -0.0506. The summed E-state index contributed by atoms with van der Waals surface area (Å²) in [5.74, 6) is 0.0259. The van der Waals surface area contributed by atoms with E-state index in [0.717, 1.165) is 16.8 Å². The number of benzene rings is 1. The van der Waals surface area contributed by atoms with Crippen molar-refractivity contribution in [3.05, 3.63) is 77.8 Å². The summed E-state index contributed by atoms with van der Waals surface area (Å²) in [6.07, 6.45) is 4.64. The van der Waals surface area contributed by atoms with Gasteiger partial charge in [0.1, 0.15) is 17.0 Å². The zero-order valence-electron chi connectivity index (χ0n) is 18.0. The number of aliphatic hydroxyl groups is 2. The Bertz CT molecular complexity index is 1320. The number of alkyl halides is 2. The van der Waals surface area contributed by atoms with E-state index >= 15 is 0 Å². The third kappa shape index (κ3) is 3.83. The van der Waals surface area contributed by atoms with Gasteiger partial charge in [0.25, 0.3) is 0 Å². The van der Waals surface area contributed by atoms with Crippen molar-refractivity contribution in [1.29, 1.82) is 0 Å².